The minimum absolute atomic E-state index is 0.199. The summed E-state index contributed by atoms with van der Waals surface area (Å²) < 4.78 is 0. The molecule has 0 unspecified atom stereocenters. The number of imide groups is 1. The van der Waals surface area contributed by atoms with Crippen molar-refractivity contribution < 1.29 is 14.4 Å². The number of nitrogens with zero attached hydrogens (tertiary/aromatic N) is 2. The van der Waals surface area contributed by atoms with E-state index in [2.05, 4.69) is 29.3 Å². The van der Waals surface area contributed by atoms with Crippen molar-refractivity contribution in [3.63, 3.8) is 0 Å². The van der Waals surface area contributed by atoms with Crippen LogP contribution in [0.15, 0.2) is 18.2 Å². The number of anilines is 2. The maximum Gasteiger partial charge on any atom is 0.228 e. The molecule has 0 atom stereocenters. The van der Waals surface area contributed by atoms with Gasteiger partial charge in [-0.05, 0) is 43.5 Å². The summed E-state index contributed by atoms with van der Waals surface area (Å²) in [6, 6.07) is 6.26. The van der Waals surface area contributed by atoms with E-state index < -0.39 is 0 Å². The summed E-state index contributed by atoms with van der Waals surface area (Å²) in [4.78, 5) is 36.8. The molecule has 1 aliphatic rings. The summed E-state index contributed by atoms with van der Waals surface area (Å²) in [7, 11) is 1.93. The minimum Gasteiger partial charge on any atom is -0.374 e. The predicted molar refractivity (Wildman–Crippen MR) is 94.3 cm³/mol. The maximum atomic E-state index is 11.4. The molecule has 1 aliphatic heterocycles. The van der Waals surface area contributed by atoms with E-state index in [9.17, 15) is 14.4 Å². The zero-order valence-corrected chi connectivity index (χ0v) is 14.3. The van der Waals surface area contributed by atoms with E-state index in [0.29, 0.717) is 13.0 Å². The van der Waals surface area contributed by atoms with Crippen molar-refractivity contribution in [2.75, 3.05) is 36.5 Å². The number of hydrogen-bond donors (Lipinski definition) is 1. The number of benzene rings is 1. The Kier molecular flexibility index (Phi) is 6.35. The number of hydrogen-bond acceptors (Lipinski definition) is 5. The normalized spacial score (nSPS) is 15.0. The van der Waals surface area contributed by atoms with Crippen LogP contribution in [0, 0.1) is 12.8 Å². The van der Waals surface area contributed by atoms with Gasteiger partial charge < -0.3 is 14.6 Å². The Hall–Kier alpha value is -2.37. The number of aldehydes is 1. The number of amides is 2. The van der Waals surface area contributed by atoms with Crippen molar-refractivity contribution in [2.45, 2.75) is 26.2 Å². The monoisotopic (exact) mass is 331 g/mol. The topological polar surface area (TPSA) is 69.7 Å². The first kappa shape index (κ1) is 18.0. The predicted octanol–water partition coefficient (Wildman–Crippen LogP) is 1.51. The minimum atomic E-state index is -0.275. The van der Waals surface area contributed by atoms with Gasteiger partial charge in [0.05, 0.1) is 0 Å². The lowest BCUT2D eigenvalue weighted by atomic mass is 9.97. The van der Waals surface area contributed by atoms with Gasteiger partial charge in [-0.25, -0.2) is 0 Å². The third kappa shape index (κ3) is 4.57. The summed E-state index contributed by atoms with van der Waals surface area (Å²) in [5.41, 5.74) is 3.43. The average Bonchev–Trinajstić information content (AvgIpc) is 2.60. The zero-order chi connectivity index (χ0) is 17.5. The molecule has 0 spiro atoms. The molecule has 1 heterocycles. The average molecular weight is 331 g/mol. The zero-order valence-electron chi connectivity index (χ0n) is 14.3. The Morgan fingerprint density at radius 3 is 2.62 bits per heavy atom. The van der Waals surface area contributed by atoms with Crippen molar-refractivity contribution in [3.05, 3.63) is 23.8 Å². The number of rotatable bonds is 7. The second-order valence-corrected chi connectivity index (χ2v) is 6.29. The Bertz CT molecular complexity index is 595. The quantitative estimate of drug-likeness (QED) is 0.767. The summed E-state index contributed by atoms with van der Waals surface area (Å²) in [5, 5.41) is 2.15. The van der Waals surface area contributed by atoms with E-state index in [1.807, 2.05) is 18.0 Å². The summed E-state index contributed by atoms with van der Waals surface area (Å²) >= 11 is 0. The highest BCUT2D eigenvalue weighted by Gasteiger charge is 2.20. The second-order valence-electron chi connectivity index (χ2n) is 6.29. The molecule has 2 amide bonds. The van der Waals surface area contributed by atoms with Crippen LogP contribution < -0.4 is 15.1 Å². The highest BCUT2D eigenvalue weighted by atomic mass is 16.2. The molecule has 0 bridgehead atoms. The molecular formula is C18H25N3O3. The van der Waals surface area contributed by atoms with Gasteiger partial charge in [0.2, 0.25) is 12.3 Å². The Morgan fingerprint density at radius 2 is 2.04 bits per heavy atom. The molecule has 1 fully saturated rings. The highest BCUT2D eigenvalue weighted by Crippen LogP contribution is 2.28. The first-order valence-electron chi connectivity index (χ1n) is 8.30. The molecule has 2 rings (SSSR count). The number of aryl methyl sites for hydroxylation is 1. The van der Waals surface area contributed by atoms with Gasteiger partial charge in [-0.3, -0.25) is 14.9 Å². The van der Waals surface area contributed by atoms with Crippen molar-refractivity contribution >= 4 is 30.0 Å². The molecule has 6 nitrogen and oxygen atoms in total. The van der Waals surface area contributed by atoms with Crippen LogP contribution in [0.2, 0.25) is 0 Å². The number of carbonyl (C=O) groups is 3. The van der Waals surface area contributed by atoms with E-state index in [1.54, 1.807) is 0 Å². The smallest absolute Gasteiger partial charge is 0.228 e. The molecule has 1 aromatic rings. The van der Waals surface area contributed by atoms with Crippen LogP contribution >= 0.6 is 0 Å². The van der Waals surface area contributed by atoms with Crippen LogP contribution in [0.25, 0.3) is 0 Å². The molecule has 0 aromatic heterocycles. The van der Waals surface area contributed by atoms with E-state index >= 15 is 0 Å². The molecule has 130 valence electrons. The van der Waals surface area contributed by atoms with Gasteiger partial charge in [0, 0.05) is 50.4 Å². The lowest BCUT2D eigenvalue weighted by molar-refractivity contribution is -0.125. The Balaban J connectivity index is 1.97. The molecular weight excluding hydrogens is 306 g/mol. The Labute approximate surface area is 142 Å². The maximum absolute atomic E-state index is 11.4. The first-order valence-corrected chi connectivity index (χ1v) is 8.30. The molecule has 0 saturated carbocycles. The van der Waals surface area contributed by atoms with Crippen molar-refractivity contribution in [2.24, 2.45) is 5.92 Å². The molecule has 0 aliphatic carbocycles. The first-order chi connectivity index (χ1) is 11.5. The Morgan fingerprint density at radius 1 is 1.33 bits per heavy atom. The van der Waals surface area contributed by atoms with Crippen LogP contribution in [-0.2, 0) is 14.4 Å². The lowest BCUT2D eigenvalue weighted by Crippen LogP contribution is -2.34. The molecule has 1 aromatic carbocycles. The van der Waals surface area contributed by atoms with Crippen LogP contribution in [0.3, 0.4) is 0 Å². The summed E-state index contributed by atoms with van der Waals surface area (Å²) in [6.07, 6.45) is 3.58. The van der Waals surface area contributed by atoms with E-state index in [0.717, 1.165) is 37.9 Å². The van der Waals surface area contributed by atoms with Gasteiger partial charge >= 0.3 is 0 Å². The van der Waals surface area contributed by atoms with Crippen LogP contribution in [0.1, 0.15) is 24.8 Å². The standard InChI is InChI=1S/C18H25N3O3/c1-14-11-16(20(2)8-7-18(24)19-13-23)3-4-17(14)21-9-5-15(12-22)6-10-21/h3-4,11-13,15H,5-10H2,1-2H3,(H,19,23,24). The van der Waals surface area contributed by atoms with Gasteiger partial charge in [0.25, 0.3) is 0 Å². The molecule has 24 heavy (non-hydrogen) atoms. The van der Waals surface area contributed by atoms with Gasteiger partial charge in [-0.1, -0.05) is 0 Å². The van der Waals surface area contributed by atoms with Gasteiger partial charge in [0.1, 0.15) is 6.29 Å². The molecule has 1 N–H and O–H groups in total. The summed E-state index contributed by atoms with van der Waals surface area (Å²) in [5.74, 6) is -0.0762. The third-order valence-corrected chi connectivity index (χ3v) is 4.59. The largest absolute Gasteiger partial charge is 0.374 e. The fourth-order valence-corrected chi connectivity index (χ4v) is 3.04. The van der Waals surface area contributed by atoms with Crippen molar-refractivity contribution in [1.82, 2.24) is 5.32 Å². The fraction of sp³-hybridized carbons (Fsp3) is 0.500. The van der Waals surface area contributed by atoms with E-state index in [-0.39, 0.29) is 18.2 Å². The van der Waals surface area contributed by atoms with E-state index in [1.165, 1.54) is 11.3 Å². The fourth-order valence-electron chi connectivity index (χ4n) is 3.04. The van der Waals surface area contributed by atoms with Gasteiger partial charge in [0.15, 0.2) is 0 Å². The van der Waals surface area contributed by atoms with E-state index in [4.69, 9.17) is 0 Å². The number of carbonyl (C=O) groups excluding carboxylic acids is 3. The lowest BCUT2D eigenvalue weighted by Gasteiger charge is -2.33. The SMILES string of the molecule is Cc1cc(N(C)CCC(=O)NC=O)ccc1N1CCC(C=O)CC1. The highest BCUT2D eigenvalue weighted by molar-refractivity contribution is 5.86. The van der Waals surface area contributed by atoms with Gasteiger partial charge in [-0.15, -0.1) is 0 Å². The van der Waals surface area contributed by atoms with Crippen LogP contribution in [-0.4, -0.2) is 45.3 Å². The van der Waals surface area contributed by atoms with Crippen LogP contribution in [0.5, 0.6) is 0 Å². The van der Waals surface area contributed by atoms with Crippen molar-refractivity contribution in [1.29, 1.82) is 0 Å². The summed E-state index contributed by atoms with van der Waals surface area (Å²) in [6.45, 7) is 4.44. The van der Waals surface area contributed by atoms with Crippen molar-refractivity contribution in [3.8, 4) is 0 Å². The third-order valence-electron chi connectivity index (χ3n) is 4.59. The molecule has 0 radical (unpaired) electrons. The number of piperidine rings is 1. The molecule has 1 saturated heterocycles. The van der Waals surface area contributed by atoms with Crippen LogP contribution in [0.4, 0.5) is 11.4 Å². The number of nitrogens with one attached hydrogen (secondary N) is 1. The van der Waals surface area contributed by atoms with Gasteiger partial charge in [-0.2, -0.15) is 0 Å². The molecule has 6 heteroatoms. The second kappa shape index (κ2) is 8.47.